The maximum atomic E-state index is 12.0. The van der Waals surface area contributed by atoms with Gasteiger partial charge < -0.3 is 4.74 Å². The average Bonchev–Trinajstić information content (AvgIpc) is 2.74. The van der Waals surface area contributed by atoms with Gasteiger partial charge in [0.15, 0.2) is 5.78 Å². The van der Waals surface area contributed by atoms with Crippen LogP contribution in [0.2, 0.25) is 0 Å². The van der Waals surface area contributed by atoms with E-state index >= 15 is 0 Å². The highest BCUT2D eigenvalue weighted by atomic mass is 16.5. The van der Waals surface area contributed by atoms with Gasteiger partial charge in [0.2, 0.25) is 0 Å². The molecule has 2 heterocycles. The third-order valence-corrected chi connectivity index (χ3v) is 3.05. The summed E-state index contributed by atoms with van der Waals surface area (Å²) in [5.74, 6) is 0.173. The fourth-order valence-electron chi connectivity index (χ4n) is 2.16. The molecular weight excluding hydrogens is 204 g/mol. The zero-order chi connectivity index (χ0) is 11.7. The Morgan fingerprint density at radius 1 is 1.62 bits per heavy atom. The fraction of sp³-hybridized carbons (Fsp3) is 0.667. The van der Waals surface area contributed by atoms with E-state index in [2.05, 4.69) is 5.10 Å². The molecule has 1 aliphatic heterocycles. The van der Waals surface area contributed by atoms with Crippen molar-refractivity contribution in [1.29, 1.82) is 0 Å². The molecule has 2 atom stereocenters. The molecule has 16 heavy (non-hydrogen) atoms. The summed E-state index contributed by atoms with van der Waals surface area (Å²) in [4.78, 5) is 12.0. The summed E-state index contributed by atoms with van der Waals surface area (Å²) >= 11 is 0. The van der Waals surface area contributed by atoms with Crippen molar-refractivity contribution in [3.8, 4) is 0 Å². The first kappa shape index (κ1) is 11.3. The van der Waals surface area contributed by atoms with E-state index in [1.165, 1.54) is 0 Å². The van der Waals surface area contributed by atoms with E-state index in [0.717, 1.165) is 24.2 Å². The van der Waals surface area contributed by atoms with Crippen LogP contribution >= 0.6 is 0 Å². The summed E-state index contributed by atoms with van der Waals surface area (Å²) in [6, 6.07) is 1.95. The molecule has 0 saturated carbocycles. The average molecular weight is 222 g/mol. The molecule has 1 aliphatic rings. The van der Waals surface area contributed by atoms with Crippen LogP contribution in [0.25, 0.3) is 0 Å². The van der Waals surface area contributed by atoms with Crippen LogP contribution in [0.5, 0.6) is 0 Å². The van der Waals surface area contributed by atoms with Gasteiger partial charge in [-0.1, -0.05) is 0 Å². The normalized spacial score (nSPS) is 24.9. The molecule has 2 unspecified atom stereocenters. The molecule has 88 valence electrons. The number of ketones is 1. The lowest BCUT2D eigenvalue weighted by atomic mass is 10.1. The van der Waals surface area contributed by atoms with Crippen LogP contribution in [0, 0.1) is 6.92 Å². The maximum absolute atomic E-state index is 12.0. The van der Waals surface area contributed by atoms with Gasteiger partial charge in [-0.15, -0.1) is 0 Å². The van der Waals surface area contributed by atoms with Crippen LogP contribution < -0.4 is 0 Å². The van der Waals surface area contributed by atoms with Gasteiger partial charge >= 0.3 is 0 Å². The van der Waals surface area contributed by atoms with E-state index in [9.17, 15) is 4.79 Å². The number of ether oxygens (including phenoxy) is 1. The highest BCUT2D eigenvalue weighted by molar-refractivity contribution is 5.85. The predicted octanol–water partition coefficient (Wildman–Crippen LogP) is 1.41. The van der Waals surface area contributed by atoms with Gasteiger partial charge in [-0.3, -0.25) is 9.48 Å². The van der Waals surface area contributed by atoms with E-state index in [1.807, 2.05) is 27.0 Å². The first-order chi connectivity index (χ1) is 7.56. The Morgan fingerprint density at radius 3 is 2.88 bits per heavy atom. The summed E-state index contributed by atoms with van der Waals surface area (Å²) in [6.07, 6.45) is 2.29. The molecule has 0 spiro atoms. The van der Waals surface area contributed by atoms with E-state index in [-0.39, 0.29) is 18.0 Å². The minimum atomic E-state index is -0.204. The predicted molar refractivity (Wildman–Crippen MR) is 60.2 cm³/mol. The molecule has 4 nitrogen and oxygen atoms in total. The molecule has 1 saturated heterocycles. The Balaban J connectivity index is 1.99. The number of carbonyl (C=O) groups excluding carboxylic acids is 1. The minimum absolute atomic E-state index is 0.173. The van der Waals surface area contributed by atoms with Crippen LogP contribution in [0.1, 0.15) is 31.2 Å². The second kappa shape index (κ2) is 4.37. The van der Waals surface area contributed by atoms with Crippen LogP contribution in [0.15, 0.2) is 6.07 Å². The molecule has 1 fully saturated rings. The first-order valence-corrected chi connectivity index (χ1v) is 5.74. The summed E-state index contributed by atoms with van der Waals surface area (Å²) < 4.78 is 7.33. The molecular formula is C12H18N2O2. The van der Waals surface area contributed by atoms with Crippen LogP contribution in [0.3, 0.4) is 0 Å². The number of rotatable bonds is 3. The van der Waals surface area contributed by atoms with Gasteiger partial charge in [-0.2, -0.15) is 5.10 Å². The van der Waals surface area contributed by atoms with Gasteiger partial charge in [-0.25, -0.2) is 0 Å². The molecule has 0 N–H and O–H groups in total. The van der Waals surface area contributed by atoms with E-state index in [0.29, 0.717) is 6.42 Å². The number of aryl methyl sites for hydroxylation is 2. The topological polar surface area (TPSA) is 44.1 Å². The second-order valence-corrected chi connectivity index (χ2v) is 4.56. The molecule has 4 heteroatoms. The van der Waals surface area contributed by atoms with Crippen LogP contribution in [-0.4, -0.2) is 27.8 Å². The first-order valence-electron chi connectivity index (χ1n) is 5.74. The van der Waals surface area contributed by atoms with Crippen LogP contribution in [-0.2, 0) is 23.0 Å². The van der Waals surface area contributed by atoms with E-state index in [4.69, 9.17) is 4.74 Å². The molecule has 2 rings (SSSR count). The number of hydrogen-bond acceptors (Lipinski definition) is 3. The van der Waals surface area contributed by atoms with Crippen LogP contribution in [0.4, 0.5) is 0 Å². The zero-order valence-corrected chi connectivity index (χ0v) is 10.1. The standard InChI is InChI=1S/C12H18N2O2/c1-8-6-10(14(3)13-8)7-11(15)12-5-4-9(2)16-12/h6,9,12H,4-5,7H2,1-3H3. The van der Waals surface area contributed by atoms with E-state index in [1.54, 1.807) is 4.68 Å². The third-order valence-electron chi connectivity index (χ3n) is 3.05. The smallest absolute Gasteiger partial charge is 0.167 e. The number of hydrogen-bond donors (Lipinski definition) is 0. The summed E-state index contributed by atoms with van der Waals surface area (Å²) in [5.41, 5.74) is 1.91. The largest absolute Gasteiger partial charge is 0.367 e. The lowest BCUT2D eigenvalue weighted by Gasteiger charge is -2.09. The summed E-state index contributed by atoms with van der Waals surface area (Å²) in [7, 11) is 1.87. The maximum Gasteiger partial charge on any atom is 0.167 e. The van der Waals surface area contributed by atoms with Crippen molar-refractivity contribution in [2.24, 2.45) is 7.05 Å². The zero-order valence-electron chi connectivity index (χ0n) is 10.1. The highest BCUT2D eigenvalue weighted by Gasteiger charge is 2.28. The number of carbonyl (C=O) groups is 1. The fourth-order valence-corrected chi connectivity index (χ4v) is 2.16. The lowest BCUT2D eigenvalue weighted by molar-refractivity contribution is -0.128. The number of aromatic nitrogens is 2. The van der Waals surface area contributed by atoms with Crippen molar-refractivity contribution in [2.45, 2.75) is 45.3 Å². The summed E-state index contributed by atoms with van der Waals surface area (Å²) in [5, 5.41) is 4.23. The molecule has 0 aliphatic carbocycles. The molecule has 1 aromatic rings. The molecule has 1 aromatic heterocycles. The van der Waals surface area contributed by atoms with Gasteiger partial charge in [0.05, 0.1) is 18.2 Å². The Labute approximate surface area is 95.6 Å². The Hall–Kier alpha value is -1.16. The third kappa shape index (κ3) is 2.32. The molecule has 0 aromatic carbocycles. The molecule has 0 radical (unpaired) electrons. The number of Topliss-reactive ketones (excluding diaryl/α,β-unsaturated/α-hetero) is 1. The quantitative estimate of drug-likeness (QED) is 0.776. The number of nitrogens with zero attached hydrogens (tertiary/aromatic N) is 2. The SMILES string of the molecule is Cc1cc(CC(=O)C2CCC(C)O2)n(C)n1. The monoisotopic (exact) mass is 222 g/mol. The van der Waals surface area contributed by atoms with Crippen molar-refractivity contribution in [1.82, 2.24) is 9.78 Å². The van der Waals surface area contributed by atoms with Crippen molar-refractivity contribution in [3.63, 3.8) is 0 Å². The Morgan fingerprint density at radius 2 is 2.38 bits per heavy atom. The van der Waals surface area contributed by atoms with Crippen molar-refractivity contribution in [3.05, 3.63) is 17.5 Å². The summed E-state index contributed by atoms with van der Waals surface area (Å²) in [6.45, 7) is 3.95. The highest BCUT2D eigenvalue weighted by Crippen LogP contribution is 2.21. The van der Waals surface area contributed by atoms with Gasteiger partial charge in [0, 0.05) is 12.7 Å². The molecule has 0 bridgehead atoms. The minimum Gasteiger partial charge on any atom is -0.367 e. The van der Waals surface area contributed by atoms with Gasteiger partial charge in [-0.05, 0) is 32.8 Å². The Kier molecular flexibility index (Phi) is 3.10. The van der Waals surface area contributed by atoms with Crippen molar-refractivity contribution >= 4 is 5.78 Å². The Bertz CT molecular complexity index is 398. The van der Waals surface area contributed by atoms with Gasteiger partial charge in [0.1, 0.15) is 6.10 Å². The second-order valence-electron chi connectivity index (χ2n) is 4.56. The van der Waals surface area contributed by atoms with E-state index < -0.39 is 0 Å². The van der Waals surface area contributed by atoms with Crippen molar-refractivity contribution < 1.29 is 9.53 Å². The van der Waals surface area contributed by atoms with Gasteiger partial charge in [0.25, 0.3) is 0 Å². The van der Waals surface area contributed by atoms with Crippen molar-refractivity contribution in [2.75, 3.05) is 0 Å². The lowest BCUT2D eigenvalue weighted by Crippen LogP contribution is -2.23. The molecule has 0 amide bonds.